The Hall–Kier alpha value is -2.10. The molecule has 0 spiro atoms. The van der Waals surface area contributed by atoms with Crippen LogP contribution in [0, 0.1) is 13.8 Å². The molecule has 3 rings (SSSR count). The van der Waals surface area contributed by atoms with Crippen molar-refractivity contribution in [2.45, 2.75) is 45.6 Å². The molecule has 0 amide bonds. The average Bonchev–Trinajstić information content (AvgIpc) is 2.73. The lowest BCUT2D eigenvalue weighted by atomic mass is 9.99. The van der Waals surface area contributed by atoms with Gasteiger partial charge in [-0.05, 0) is 32.3 Å². The van der Waals surface area contributed by atoms with Gasteiger partial charge in [0, 0.05) is 18.3 Å². The molecule has 0 unspecified atom stereocenters. The molecule has 1 atom stereocenters. The van der Waals surface area contributed by atoms with Crippen LogP contribution in [-0.2, 0) is 0 Å². The van der Waals surface area contributed by atoms with Gasteiger partial charge in [0.1, 0.15) is 5.82 Å². The van der Waals surface area contributed by atoms with Gasteiger partial charge < -0.3 is 10.6 Å². The van der Waals surface area contributed by atoms with E-state index in [0.29, 0.717) is 12.0 Å². The van der Waals surface area contributed by atoms with Crippen LogP contribution in [0.4, 0.5) is 11.8 Å². The summed E-state index contributed by atoms with van der Waals surface area (Å²) >= 11 is 0. The Labute approximate surface area is 132 Å². The van der Waals surface area contributed by atoms with Crippen molar-refractivity contribution in [2.24, 2.45) is 0 Å². The lowest BCUT2D eigenvalue weighted by molar-refractivity contribution is 0.596. The summed E-state index contributed by atoms with van der Waals surface area (Å²) in [6.45, 7) is 5.12. The third-order valence-electron chi connectivity index (χ3n) is 4.37. The maximum atomic E-state index is 5.86. The molecule has 0 bridgehead atoms. The molecule has 1 aromatic carbocycles. The third-order valence-corrected chi connectivity index (χ3v) is 4.37. The highest BCUT2D eigenvalue weighted by atomic mass is 15.2. The Bertz CT molecular complexity index is 616. The Morgan fingerprint density at radius 1 is 1.05 bits per heavy atom. The monoisotopic (exact) mass is 296 g/mol. The van der Waals surface area contributed by atoms with Crippen molar-refractivity contribution >= 4 is 11.8 Å². The molecule has 116 valence electrons. The van der Waals surface area contributed by atoms with Crippen LogP contribution < -0.4 is 10.6 Å². The molecule has 2 N–H and O–H groups in total. The van der Waals surface area contributed by atoms with Gasteiger partial charge >= 0.3 is 0 Å². The van der Waals surface area contributed by atoms with Gasteiger partial charge in [0.25, 0.3) is 0 Å². The van der Waals surface area contributed by atoms with E-state index in [1.54, 1.807) is 0 Å². The summed E-state index contributed by atoms with van der Waals surface area (Å²) in [5, 5.41) is 0. The van der Waals surface area contributed by atoms with Gasteiger partial charge in [-0.15, -0.1) is 0 Å². The number of rotatable bonds is 2. The average molecular weight is 296 g/mol. The number of hydrogen-bond donors (Lipinski definition) is 1. The van der Waals surface area contributed by atoms with Crippen LogP contribution in [0.1, 0.15) is 48.5 Å². The summed E-state index contributed by atoms with van der Waals surface area (Å²) in [5.74, 6) is 1.32. The third kappa shape index (κ3) is 3.21. The number of nitrogen functional groups attached to an aromatic ring is 1. The van der Waals surface area contributed by atoms with Crippen molar-refractivity contribution in [1.82, 2.24) is 9.97 Å². The Morgan fingerprint density at radius 2 is 1.82 bits per heavy atom. The van der Waals surface area contributed by atoms with Crippen LogP contribution in [0.25, 0.3) is 0 Å². The molecule has 2 heterocycles. The molecule has 1 aliphatic heterocycles. The van der Waals surface area contributed by atoms with Gasteiger partial charge in [0.2, 0.25) is 5.95 Å². The largest absolute Gasteiger partial charge is 0.368 e. The van der Waals surface area contributed by atoms with Crippen LogP contribution in [0.3, 0.4) is 0 Å². The number of hydrogen-bond acceptors (Lipinski definition) is 4. The maximum absolute atomic E-state index is 5.86. The second kappa shape index (κ2) is 6.34. The van der Waals surface area contributed by atoms with Crippen LogP contribution >= 0.6 is 0 Å². The van der Waals surface area contributed by atoms with Crippen molar-refractivity contribution in [1.29, 1.82) is 0 Å². The number of aryl methyl sites for hydroxylation is 2. The maximum Gasteiger partial charge on any atom is 0.222 e. The zero-order valence-electron chi connectivity index (χ0n) is 13.4. The molecular formula is C18H24N4. The van der Waals surface area contributed by atoms with Crippen LogP contribution in [-0.4, -0.2) is 16.5 Å². The van der Waals surface area contributed by atoms with Gasteiger partial charge in [0.05, 0.1) is 6.04 Å². The molecule has 22 heavy (non-hydrogen) atoms. The second-order valence-electron chi connectivity index (χ2n) is 6.19. The molecule has 0 aliphatic carbocycles. The summed E-state index contributed by atoms with van der Waals surface area (Å²) < 4.78 is 0. The SMILES string of the molecule is Cc1ccc([C@H]2CCCCCN2c2cc(C)nc(N)n2)cc1. The smallest absolute Gasteiger partial charge is 0.222 e. The molecule has 1 aliphatic rings. The molecule has 4 heteroatoms. The first-order chi connectivity index (χ1) is 10.6. The molecule has 2 aromatic rings. The molecule has 1 saturated heterocycles. The van der Waals surface area contributed by atoms with Crippen LogP contribution in [0.5, 0.6) is 0 Å². The highest BCUT2D eigenvalue weighted by molar-refractivity contribution is 5.46. The van der Waals surface area contributed by atoms with Crippen LogP contribution in [0.15, 0.2) is 30.3 Å². The van der Waals surface area contributed by atoms with E-state index >= 15 is 0 Å². The zero-order valence-corrected chi connectivity index (χ0v) is 13.4. The van der Waals surface area contributed by atoms with Crippen LogP contribution in [0.2, 0.25) is 0 Å². The number of aromatic nitrogens is 2. The fraction of sp³-hybridized carbons (Fsp3) is 0.444. The Morgan fingerprint density at radius 3 is 2.55 bits per heavy atom. The first-order valence-corrected chi connectivity index (χ1v) is 8.08. The van der Waals surface area contributed by atoms with E-state index in [-0.39, 0.29) is 0 Å². The number of nitrogens with zero attached hydrogens (tertiary/aromatic N) is 3. The molecule has 4 nitrogen and oxygen atoms in total. The molecule has 0 saturated carbocycles. The molecular weight excluding hydrogens is 272 g/mol. The first-order valence-electron chi connectivity index (χ1n) is 8.08. The van der Waals surface area contributed by atoms with Gasteiger partial charge in [-0.2, -0.15) is 4.98 Å². The van der Waals surface area contributed by atoms with Crippen molar-refractivity contribution in [3.63, 3.8) is 0 Å². The highest BCUT2D eigenvalue weighted by Gasteiger charge is 2.24. The summed E-state index contributed by atoms with van der Waals surface area (Å²) in [7, 11) is 0. The minimum Gasteiger partial charge on any atom is -0.368 e. The highest BCUT2D eigenvalue weighted by Crippen LogP contribution is 2.33. The minimum absolute atomic E-state index is 0.363. The van der Waals surface area contributed by atoms with Gasteiger partial charge in [-0.25, -0.2) is 4.98 Å². The predicted molar refractivity (Wildman–Crippen MR) is 90.9 cm³/mol. The lowest BCUT2D eigenvalue weighted by Crippen LogP contribution is -2.29. The number of anilines is 2. The van der Waals surface area contributed by atoms with E-state index in [9.17, 15) is 0 Å². The van der Waals surface area contributed by atoms with E-state index in [1.165, 1.54) is 30.4 Å². The summed E-state index contributed by atoms with van der Waals surface area (Å²) in [4.78, 5) is 11.1. The minimum atomic E-state index is 0.363. The van der Waals surface area contributed by atoms with E-state index in [0.717, 1.165) is 24.5 Å². The first kappa shape index (κ1) is 14.8. The fourth-order valence-corrected chi connectivity index (χ4v) is 3.24. The van der Waals surface area contributed by atoms with E-state index in [4.69, 9.17) is 5.73 Å². The predicted octanol–water partition coefficient (Wildman–Crippen LogP) is 3.80. The summed E-state index contributed by atoms with van der Waals surface area (Å²) in [6.07, 6.45) is 4.89. The van der Waals surface area contributed by atoms with Crippen molar-refractivity contribution in [2.75, 3.05) is 17.2 Å². The number of nitrogens with two attached hydrogens (primary N) is 1. The van der Waals surface area contributed by atoms with E-state index < -0.39 is 0 Å². The van der Waals surface area contributed by atoms with Crippen molar-refractivity contribution in [3.8, 4) is 0 Å². The zero-order chi connectivity index (χ0) is 15.5. The van der Waals surface area contributed by atoms with Gasteiger partial charge in [-0.1, -0.05) is 42.7 Å². The lowest BCUT2D eigenvalue weighted by Gasteiger charge is -2.31. The second-order valence-corrected chi connectivity index (χ2v) is 6.19. The Balaban J connectivity index is 1.98. The molecule has 1 fully saturated rings. The standard InChI is InChI=1S/C18H24N4/c1-13-7-9-15(10-8-13)16-6-4-3-5-11-22(16)17-12-14(2)20-18(19)21-17/h7-10,12,16H,3-6,11H2,1-2H3,(H2,19,20,21)/t16-/m1/s1. The van der Waals surface area contributed by atoms with E-state index in [2.05, 4.69) is 46.1 Å². The van der Waals surface area contributed by atoms with Gasteiger partial charge in [-0.3, -0.25) is 0 Å². The topological polar surface area (TPSA) is 55.0 Å². The van der Waals surface area contributed by atoms with E-state index in [1.807, 2.05) is 13.0 Å². The van der Waals surface area contributed by atoms with Gasteiger partial charge in [0.15, 0.2) is 0 Å². The van der Waals surface area contributed by atoms with Crippen molar-refractivity contribution < 1.29 is 0 Å². The normalized spacial score (nSPS) is 19.0. The van der Waals surface area contributed by atoms with Crippen molar-refractivity contribution in [3.05, 3.63) is 47.2 Å². The summed E-state index contributed by atoms with van der Waals surface area (Å²) in [5.41, 5.74) is 9.45. The number of benzene rings is 1. The summed E-state index contributed by atoms with van der Waals surface area (Å²) in [6, 6.07) is 11.3. The molecule has 1 aromatic heterocycles. The quantitative estimate of drug-likeness (QED) is 0.916. The fourth-order valence-electron chi connectivity index (χ4n) is 3.24. The Kier molecular flexibility index (Phi) is 4.27. The molecule has 0 radical (unpaired) electrons.